The van der Waals surface area contributed by atoms with E-state index in [9.17, 15) is 4.79 Å². The van der Waals surface area contributed by atoms with Crippen LogP contribution in [-0.2, 0) is 10.2 Å². The van der Waals surface area contributed by atoms with Gasteiger partial charge in [-0.1, -0.05) is 51.1 Å². The largest absolute Gasteiger partial charge is 0.495 e. The number of amides is 2. The number of hydrogen-bond donors (Lipinski definition) is 2. The topological polar surface area (TPSA) is 68.8 Å². The number of methoxy groups -OCH3 is 1. The van der Waals surface area contributed by atoms with Crippen LogP contribution in [0.3, 0.4) is 0 Å². The van der Waals surface area contributed by atoms with Gasteiger partial charge in [0.15, 0.2) is 0 Å². The van der Waals surface area contributed by atoms with Crippen LogP contribution in [0.1, 0.15) is 39.2 Å². The first-order valence-corrected chi connectivity index (χ1v) is 11.4. The van der Waals surface area contributed by atoms with Crippen molar-refractivity contribution < 1.29 is 19.0 Å². The van der Waals surface area contributed by atoms with E-state index < -0.39 is 0 Å². The summed E-state index contributed by atoms with van der Waals surface area (Å²) in [7, 11) is 1.60. The van der Waals surface area contributed by atoms with E-state index in [2.05, 4.69) is 31.4 Å². The zero-order valence-electron chi connectivity index (χ0n) is 19.7. The standard InChI is InChI=1S/C27H32N2O4/c1-27(2,3)18-9-11-25(31-4)23(17-18)29-26(30)28-22-10-12-24(21-8-6-5-7-20(21)22)33-19-13-15-32-16-14-19/h5-12,17,19H,13-16H2,1-4H3,(H2,28,29,30). The number of nitrogens with one attached hydrogen (secondary N) is 2. The van der Waals surface area contributed by atoms with Crippen LogP contribution < -0.4 is 20.1 Å². The van der Waals surface area contributed by atoms with Gasteiger partial charge in [0.2, 0.25) is 0 Å². The molecule has 0 saturated carbocycles. The van der Waals surface area contributed by atoms with Gasteiger partial charge in [-0.2, -0.15) is 0 Å². The van der Waals surface area contributed by atoms with Crippen molar-refractivity contribution >= 4 is 28.2 Å². The minimum Gasteiger partial charge on any atom is -0.495 e. The van der Waals surface area contributed by atoms with Crippen LogP contribution in [0.15, 0.2) is 54.6 Å². The SMILES string of the molecule is COc1ccc(C(C)(C)C)cc1NC(=O)Nc1ccc(OC2CCOCC2)c2ccccc12. The normalized spacial score (nSPS) is 14.7. The molecule has 1 fully saturated rings. The van der Waals surface area contributed by atoms with Gasteiger partial charge in [0.1, 0.15) is 17.6 Å². The molecule has 4 rings (SSSR count). The fraction of sp³-hybridized carbons (Fsp3) is 0.370. The molecule has 6 heteroatoms. The van der Waals surface area contributed by atoms with E-state index in [0.717, 1.165) is 48.1 Å². The quantitative estimate of drug-likeness (QED) is 0.477. The second kappa shape index (κ2) is 9.71. The van der Waals surface area contributed by atoms with Crippen molar-refractivity contribution in [1.82, 2.24) is 0 Å². The lowest BCUT2D eigenvalue weighted by atomic mass is 9.87. The van der Waals surface area contributed by atoms with Gasteiger partial charge in [0.05, 0.1) is 31.7 Å². The summed E-state index contributed by atoms with van der Waals surface area (Å²) in [4.78, 5) is 12.9. The Morgan fingerprint density at radius 2 is 1.58 bits per heavy atom. The summed E-state index contributed by atoms with van der Waals surface area (Å²) >= 11 is 0. The van der Waals surface area contributed by atoms with Crippen molar-refractivity contribution in [2.75, 3.05) is 31.0 Å². The Balaban J connectivity index is 1.56. The smallest absolute Gasteiger partial charge is 0.323 e. The molecule has 0 bridgehead atoms. The van der Waals surface area contributed by atoms with Crippen molar-refractivity contribution in [2.24, 2.45) is 0 Å². The van der Waals surface area contributed by atoms with Crippen molar-refractivity contribution in [3.05, 3.63) is 60.2 Å². The first-order chi connectivity index (χ1) is 15.8. The van der Waals surface area contributed by atoms with E-state index in [1.807, 2.05) is 54.6 Å². The maximum absolute atomic E-state index is 12.9. The molecule has 0 spiro atoms. The molecule has 3 aromatic carbocycles. The minimum atomic E-state index is -0.331. The minimum absolute atomic E-state index is 0.0460. The monoisotopic (exact) mass is 448 g/mol. The molecule has 1 aliphatic heterocycles. The fourth-order valence-electron chi connectivity index (χ4n) is 4.00. The Morgan fingerprint density at radius 3 is 2.27 bits per heavy atom. The molecular formula is C27H32N2O4. The Bertz CT molecular complexity index is 1130. The number of fused-ring (bicyclic) bond motifs is 1. The lowest BCUT2D eigenvalue weighted by molar-refractivity contribution is 0.0262. The Hall–Kier alpha value is -3.25. The fourth-order valence-corrected chi connectivity index (χ4v) is 4.00. The molecule has 33 heavy (non-hydrogen) atoms. The van der Waals surface area contributed by atoms with Gasteiger partial charge >= 0.3 is 6.03 Å². The lowest BCUT2D eigenvalue weighted by Gasteiger charge is -2.24. The first kappa shape index (κ1) is 22.9. The second-order valence-corrected chi connectivity index (χ2v) is 9.33. The number of rotatable bonds is 5. The van der Waals surface area contributed by atoms with Crippen molar-refractivity contribution in [3.63, 3.8) is 0 Å². The zero-order chi connectivity index (χ0) is 23.4. The number of urea groups is 1. The highest BCUT2D eigenvalue weighted by Crippen LogP contribution is 2.34. The maximum atomic E-state index is 12.9. The number of anilines is 2. The van der Waals surface area contributed by atoms with E-state index in [1.54, 1.807) is 7.11 Å². The molecule has 174 valence electrons. The molecule has 3 aromatic rings. The van der Waals surface area contributed by atoms with E-state index in [0.29, 0.717) is 17.1 Å². The highest BCUT2D eigenvalue weighted by atomic mass is 16.5. The van der Waals surface area contributed by atoms with Gasteiger partial charge in [-0.15, -0.1) is 0 Å². The molecule has 2 N–H and O–H groups in total. The van der Waals surface area contributed by atoms with Gasteiger partial charge in [-0.25, -0.2) is 4.79 Å². The van der Waals surface area contributed by atoms with Crippen molar-refractivity contribution in [1.29, 1.82) is 0 Å². The molecule has 0 atom stereocenters. The number of carbonyl (C=O) groups is 1. The summed E-state index contributed by atoms with van der Waals surface area (Å²) in [6.45, 7) is 7.85. The van der Waals surface area contributed by atoms with Crippen LogP contribution in [0.2, 0.25) is 0 Å². The molecule has 1 aliphatic rings. The highest BCUT2D eigenvalue weighted by Gasteiger charge is 2.19. The van der Waals surface area contributed by atoms with Crippen molar-refractivity contribution in [2.45, 2.75) is 45.1 Å². The Kier molecular flexibility index (Phi) is 6.75. The molecule has 2 amide bonds. The van der Waals surface area contributed by atoms with Crippen LogP contribution in [0, 0.1) is 0 Å². The molecule has 1 saturated heterocycles. The number of hydrogen-bond acceptors (Lipinski definition) is 4. The van der Waals surface area contributed by atoms with Crippen LogP contribution >= 0.6 is 0 Å². The summed E-state index contributed by atoms with van der Waals surface area (Å²) in [5.41, 5.74) is 2.41. The van der Waals surface area contributed by atoms with Gasteiger partial charge < -0.3 is 24.8 Å². The average Bonchev–Trinajstić information content (AvgIpc) is 2.80. The summed E-state index contributed by atoms with van der Waals surface area (Å²) in [6.07, 6.45) is 1.91. The summed E-state index contributed by atoms with van der Waals surface area (Å²) in [5, 5.41) is 7.83. The second-order valence-electron chi connectivity index (χ2n) is 9.33. The van der Waals surface area contributed by atoms with Gasteiger partial charge in [-0.05, 0) is 35.2 Å². The third kappa shape index (κ3) is 5.40. The maximum Gasteiger partial charge on any atom is 0.323 e. The molecule has 0 radical (unpaired) electrons. The summed E-state index contributed by atoms with van der Waals surface area (Å²) in [5.74, 6) is 1.44. The molecule has 1 heterocycles. The summed E-state index contributed by atoms with van der Waals surface area (Å²) < 4.78 is 17.2. The lowest BCUT2D eigenvalue weighted by Crippen LogP contribution is -2.26. The third-order valence-electron chi connectivity index (χ3n) is 5.91. The zero-order valence-corrected chi connectivity index (χ0v) is 19.7. The number of carbonyl (C=O) groups excluding carboxylic acids is 1. The highest BCUT2D eigenvalue weighted by molar-refractivity contribution is 6.08. The van der Waals surface area contributed by atoms with E-state index in [4.69, 9.17) is 14.2 Å². The number of benzene rings is 3. The van der Waals surface area contributed by atoms with E-state index in [1.165, 1.54) is 0 Å². The van der Waals surface area contributed by atoms with Crippen LogP contribution in [0.4, 0.5) is 16.2 Å². The predicted molar refractivity (Wildman–Crippen MR) is 133 cm³/mol. The molecule has 0 aliphatic carbocycles. The van der Waals surface area contributed by atoms with Crippen molar-refractivity contribution in [3.8, 4) is 11.5 Å². The van der Waals surface area contributed by atoms with Crippen LogP contribution in [0.5, 0.6) is 11.5 Å². The van der Waals surface area contributed by atoms with E-state index >= 15 is 0 Å². The Morgan fingerprint density at radius 1 is 0.909 bits per heavy atom. The van der Waals surface area contributed by atoms with Gasteiger partial charge in [0.25, 0.3) is 0 Å². The first-order valence-electron chi connectivity index (χ1n) is 11.4. The number of ether oxygens (including phenoxy) is 3. The Labute approximate surface area is 195 Å². The van der Waals surface area contributed by atoms with Crippen LogP contribution in [-0.4, -0.2) is 32.5 Å². The third-order valence-corrected chi connectivity index (χ3v) is 5.91. The average molecular weight is 449 g/mol. The van der Waals surface area contributed by atoms with Crippen LogP contribution in [0.25, 0.3) is 10.8 Å². The van der Waals surface area contributed by atoms with Gasteiger partial charge in [0, 0.05) is 23.6 Å². The summed E-state index contributed by atoms with van der Waals surface area (Å²) in [6, 6.07) is 17.3. The molecule has 0 unspecified atom stereocenters. The molecular weight excluding hydrogens is 416 g/mol. The predicted octanol–water partition coefficient (Wildman–Crippen LogP) is 6.35. The van der Waals surface area contributed by atoms with E-state index in [-0.39, 0.29) is 17.6 Å². The molecule has 6 nitrogen and oxygen atoms in total. The molecule has 0 aromatic heterocycles. The van der Waals surface area contributed by atoms with Gasteiger partial charge in [-0.3, -0.25) is 0 Å².